The van der Waals surface area contributed by atoms with Crippen LogP contribution in [0.2, 0.25) is 0 Å². The van der Waals surface area contributed by atoms with E-state index in [0.29, 0.717) is 5.56 Å². The van der Waals surface area contributed by atoms with E-state index in [0.717, 1.165) is 22.0 Å². The first-order chi connectivity index (χ1) is 13.4. The number of amides is 1. The molecule has 0 bridgehead atoms. The number of nitrogens with two attached hydrogens (primary N) is 1. The molecule has 0 aliphatic carbocycles. The number of nitrogens with zero attached hydrogens (tertiary/aromatic N) is 3. The van der Waals surface area contributed by atoms with Crippen LogP contribution in [0.5, 0.6) is 0 Å². The molecule has 2 aromatic heterocycles. The van der Waals surface area contributed by atoms with Gasteiger partial charge in [-0.3, -0.25) is 19.1 Å². The number of esters is 1. The molecule has 3 heterocycles. The largest absolute Gasteiger partial charge is 0.466 e. The van der Waals surface area contributed by atoms with Crippen molar-refractivity contribution >= 4 is 40.7 Å². The first-order valence-electron chi connectivity index (χ1n) is 8.02. The zero-order chi connectivity index (χ0) is 20.4. The van der Waals surface area contributed by atoms with Gasteiger partial charge in [-0.25, -0.2) is 4.79 Å². The summed E-state index contributed by atoms with van der Waals surface area (Å²) in [5.41, 5.74) is 6.41. The van der Waals surface area contributed by atoms with Crippen molar-refractivity contribution in [2.45, 2.75) is 5.92 Å². The molecule has 0 radical (unpaired) electrons. The van der Waals surface area contributed by atoms with E-state index in [1.165, 1.54) is 26.6 Å². The highest BCUT2D eigenvalue weighted by Gasteiger charge is 2.35. The molecule has 28 heavy (non-hydrogen) atoms. The van der Waals surface area contributed by atoms with Crippen LogP contribution in [0.4, 0.5) is 0 Å². The van der Waals surface area contributed by atoms with Gasteiger partial charge in [0.25, 0.3) is 11.5 Å². The number of hydrogen-bond donors (Lipinski definition) is 2. The summed E-state index contributed by atoms with van der Waals surface area (Å²) >= 11 is 0.929. The molecule has 0 fully saturated rings. The topological polar surface area (TPSA) is 140 Å². The fraction of sp³-hybridized carbons (Fsp3) is 0.167. The molecule has 3 rings (SSSR count). The van der Waals surface area contributed by atoms with Gasteiger partial charge in [-0.2, -0.15) is 5.26 Å². The maximum atomic E-state index is 12.8. The van der Waals surface area contributed by atoms with Crippen molar-refractivity contribution in [2.24, 2.45) is 5.73 Å². The molecule has 3 N–H and O–H groups in total. The maximum Gasteiger partial charge on any atom is 0.332 e. The average molecular weight is 397 g/mol. The van der Waals surface area contributed by atoms with E-state index in [9.17, 15) is 19.6 Å². The van der Waals surface area contributed by atoms with Gasteiger partial charge in [0.05, 0.1) is 30.2 Å². The Morgan fingerprint density at radius 1 is 1.43 bits per heavy atom. The fourth-order valence-electron chi connectivity index (χ4n) is 2.96. The Morgan fingerprint density at radius 3 is 2.68 bits per heavy atom. The summed E-state index contributed by atoms with van der Waals surface area (Å²) < 4.78 is 5.94. The number of fused-ring (bicyclic) bond motifs is 1. The molecular weight excluding hydrogens is 382 g/mol. The highest BCUT2D eigenvalue weighted by molar-refractivity contribution is 7.07. The third-order valence-corrected chi connectivity index (χ3v) is 5.34. The van der Waals surface area contributed by atoms with Gasteiger partial charge in [0.1, 0.15) is 15.0 Å². The van der Waals surface area contributed by atoms with Crippen LogP contribution in [0.25, 0.3) is 17.5 Å². The number of allylic oxidation sites excluding steroid dienone is 1. The second-order valence-corrected chi connectivity index (χ2v) is 6.73. The van der Waals surface area contributed by atoms with E-state index in [1.807, 2.05) is 6.07 Å². The van der Waals surface area contributed by atoms with Crippen LogP contribution in [-0.2, 0) is 14.3 Å². The minimum atomic E-state index is -0.781. The second-order valence-electron chi connectivity index (χ2n) is 5.70. The predicted molar refractivity (Wildman–Crippen MR) is 102 cm³/mol. The smallest absolute Gasteiger partial charge is 0.332 e. The van der Waals surface area contributed by atoms with Gasteiger partial charge < -0.3 is 15.8 Å². The maximum absolute atomic E-state index is 12.8. The number of thiazole rings is 1. The zero-order valence-corrected chi connectivity index (χ0v) is 15.7. The number of ether oxygens (including phenoxy) is 1. The number of hydrogen-bond acceptors (Lipinski definition) is 8. The van der Waals surface area contributed by atoms with Crippen molar-refractivity contribution < 1.29 is 14.3 Å². The van der Waals surface area contributed by atoms with Crippen molar-refractivity contribution in [3.63, 3.8) is 0 Å². The third-order valence-electron chi connectivity index (χ3n) is 4.23. The van der Waals surface area contributed by atoms with E-state index in [-0.39, 0.29) is 26.2 Å². The Kier molecular flexibility index (Phi) is 5.10. The molecule has 1 aliphatic heterocycles. The van der Waals surface area contributed by atoms with Crippen LogP contribution < -0.4 is 25.8 Å². The quantitative estimate of drug-likeness (QED) is 0.607. The summed E-state index contributed by atoms with van der Waals surface area (Å²) in [4.78, 5) is 41.1. The van der Waals surface area contributed by atoms with Crippen LogP contribution in [0, 0.1) is 11.3 Å². The monoisotopic (exact) mass is 397 g/mol. The number of nitriles is 1. The standard InChI is InChI=1S/C18H15N5O4S/c1-21-16(25)14-13(9-3-5-22-6-4-9)10(8-19)15(20)23-17(26)11(28-18(14)23)7-12(24)27-2/h3-7,13H,20H2,1-2H3,(H,21,25)/b11-7-/t13-/m0/s1. The molecule has 1 atom stereocenters. The normalized spacial score (nSPS) is 16.4. The molecule has 1 aliphatic rings. The molecule has 0 saturated carbocycles. The molecule has 9 nitrogen and oxygen atoms in total. The molecular formula is C18H15N5O4S. The summed E-state index contributed by atoms with van der Waals surface area (Å²) in [6.45, 7) is 0. The lowest BCUT2D eigenvalue weighted by Crippen LogP contribution is -2.41. The Balaban J connectivity index is 2.49. The number of methoxy groups -OCH3 is 1. The van der Waals surface area contributed by atoms with Gasteiger partial charge in [-0.15, -0.1) is 11.3 Å². The highest BCUT2D eigenvalue weighted by Crippen LogP contribution is 2.35. The minimum Gasteiger partial charge on any atom is -0.466 e. The van der Waals surface area contributed by atoms with E-state index < -0.39 is 23.4 Å². The minimum absolute atomic E-state index is 0.0406. The summed E-state index contributed by atoms with van der Waals surface area (Å²) in [6, 6.07) is 5.35. The lowest BCUT2D eigenvalue weighted by Gasteiger charge is -2.24. The summed E-state index contributed by atoms with van der Waals surface area (Å²) in [5.74, 6) is -2.05. The molecule has 0 aromatic carbocycles. The second kappa shape index (κ2) is 7.50. The van der Waals surface area contributed by atoms with Crippen molar-refractivity contribution in [2.75, 3.05) is 14.2 Å². The lowest BCUT2D eigenvalue weighted by molar-refractivity contribution is -0.133. The Hall–Kier alpha value is -3.71. The van der Waals surface area contributed by atoms with Gasteiger partial charge in [0.15, 0.2) is 0 Å². The van der Waals surface area contributed by atoms with Gasteiger partial charge >= 0.3 is 5.97 Å². The Bertz CT molecular complexity index is 1220. The zero-order valence-electron chi connectivity index (χ0n) is 14.9. The SMILES string of the molecule is CNC(=O)C1=c2s/c(=C\C(=O)OC)c(=O)n2C(N)=C(C#N)[C@@H]1c1ccncc1. The molecule has 0 saturated heterocycles. The first-order valence-corrected chi connectivity index (χ1v) is 8.84. The van der Waals surface area contributed by atoms with Crippen molar-refractivity contribution in [1.29, 1.82) is 5.26 Å². The number of aromatic nitrogens is 2. The third kappa shape index (κ3) is 2.97. The average Bonchev–Trinajstić information content (AvgIpc) is 3.03. The molecule has 2 aromatic rings. The van der Waals surface area contributed by atoms with Crippen LogP contribution in [0.1, 0.15) is 11.5 Å². The van der Waals surface area contributed by atoms with Crippen LogP contribution >= 0.6 is 11.3 Å². The predicted octanol–water partition coefficient (Wildman–Crippen LogP) is -1.40. The Labute approximate surface area is 162 Å². The van der Waals surface area contributed by atoms with Crippen molar-refractivity contribution in [1.82, 2.24) is 14.9 Å². The van der Waals surface area contributed by atoms with E-state index in [1.54, 1.807) is 12.1 Å². The first kappa shape index (κ1) is 19.1. The van der Waals surface area contributed by atoms with Gasteiger partial charge in [-0.1, -0.05) is 0 Å². The number of pyridine rings is 1. The van der Waals surface area contributed by atoms with Crippen LogP contribution in [0.15, 0.2) is 34.9 Å². The highest BCUT2D eigenvalue weighted by atomic mass is 32.1. The molecule has 1 amide bonds. The summed E-state index contributed by atoms with van der Waals surface area (Å²) in [7, 11) is 2.64. The number of carbonyl (C=O) groups excluding carboxylic acids is 2. The van der Waals surface area contributed by atoms with E-state index in [4.69, 9.17) is 5.73 Å². The summed E-state index contributed by atoms with van der Waals surface area (Å²) in [5, 5.41) is 12.3. The number of carbonyl (C=O) groups is 2. The Morgan fingerprint density at radius 2 is 2.11 bits per heavy atom. The summed E-state index contributed by atoms with van der Waals surface area (Å²) in [6.07, 6.45) is 4.10. The fourth-order valence-corrected chi connectivity index (χ4v) is 4.09. The number of rotatable bonds is 3. The van der Waals surface area contributed by atoms with Gasteiger partial charge in [0.2, 0.25) is 0 Å². The molecule has 0 spiro atoms. The molecule has 0 unspecified atom stereocenters. The van der Waals surface area contributed by atoms with Crippen LogP contribution in [-0.4, -0.2) is 35.6 Å². The van der Waals surface area contributed by atoms with Gasteiger partial charge in [-0.05, 0) is 17.7 Å². The number of nitrogens with one attached hydrogen (secondary N) is 1. The van der Waals surface area contributed by atoms with E-state index >= 15 is 0 Å². The van der Waals surface area contributed by atoms with E-state index in [2.05, 4.69) is 15.0 Å². The van der Waals surface area contributed by atoms with Gasteiger partial charge in [0, 0.05) is 25.5 Å². The van der Waals surface area contributed by atoms with Crippen LogP contribution in [0.3, 0.4) is 0 Å². The van der Waals surface area contributed by atoms with Crippen molar-refractivity contribution in [3.8, 4) is 6.07 Å². The molecule has 142 valence electrons. The molecule has 10 heteroatoms. The lowest BCUT2D eigenvalue weighted by atomic mass is 9.84. The van der Waals surface area contributed by atoms with Crippen molar-refractivity contribution in [3.05, 3.63) is 55.2 Å².